The number of rotatable bonds is 5. The molecule has 0 unspecified atom stereocenters. The summed E-state index contributed by atoms with van der Waals surface area (Å²) in [6.07, 6.45) is 6.16. The molecule has 40 heavy (non-hydrogen) atoms. The number of carbonyl (C=O) groups excluding carboxylic acids is 2. The van der Waals surface area contributed by atoms with E-state index in [2.05, 4.69) is 15.4 Å². The molecule has 200 valence electrons. The molecule has 7 nitrogen and oxygen atoms in total. The Morgan fingerprint density at radius 3 is 2.70 bits per heavy atom. The van der Waals surface area contributed by atoms with Gasteiger partial charge in [0.15, 0.2) is 5.82 Å². The van der Waals surface area contributed by atoms with E-state index in [4.69, 9.17) is 0 Å². The molecular weight excluding hydrogens is 545 g/mol. The number of benzene rings is 2. The van der Waals surface area contributed by atoms with Crippen LogP contribution < -0.4 is 10.2 Å². The Balaban J connectivity index is 1.31. The van der Waals surface area contributed by atoms with Gasteiger partial charge in [0.2, 0.25) is 0 Å². The van der Waals surface area contributed by atoms with Crippen molar-refractivity contribution in [3.05, 3.63) is 107 Å². The maximum atomic E-state index is 14.3. The van der Waals surface area contributed by atoms with E-state index in [0.717, 1.165) is 26.6 Å². The highest BCUT2D eigenvalue weighted by atomic mass is 32.2. The van der Waals surface area contributed by atoms with Crippen molar-refractivity contribution in [2.24, 2.45) is 0 Å². The number of aryl methyl sites for hydroxylation is 1. The van der Waals surface area contributed by atoms with Crippen LogP contribution in [0, 0.1) is 12.7 Å². The monoisotopic (exact) mass is 569 g/mol. The first kappa shape index (κ1) is 26.0. The lowest BCUT2D eigenvalue weighted by Gasteiger charge is -2.22. The number of hydrogen-bond donors (Lipinski definition) is 1. The van der Waals surface area contributed by atoms with Gasteiger partial charge in [-0.1, -0.05) is 36.4 Å². The summed E-state index contributed by atoms with van der Waals surface area (Å²) in [6.45, 7) is 2.17. The first-order valence-corrected chi connectivity index (χ1v) is 14.6. The van der Waals surface area contributed by atoms with Crippen LogP contribution in [0.15, 0.2) is 84.0 Å². The molecule has 10 heteroatoms. The van der Waals surface area contributed by atoms with E-state index >= 15 is 0 Å². The zero-order valence-corrected chi connectivity index (χ0v) is 23.4. The number of amides is 2. The van der Waals surface area contributed by atoms with Crippen molar-refractivity contribution < 1.29 is 14.0 Å². The molecule has 1 aliphatic heterocycles. The first-order valence-electron chi connectivity index (χ1n) is 12.6. The third-order valence-corrected chi connectivity index (χ3v) is 8.66. The van der Waals surface area contributed by atoms with Crippen LogP contribution in [0.25, 0.3) is 16.3 Å². The van der Waals surface area contributed by atoms with Gasteiger partial charge in [-0.25, -0.2) is 14.1 Å². The second-order valence-electron chi connectivity index (χ2n) is 9.28. The predicted molar refractivity (Wildman–Crippen MR) is 157 cm³/mol. The van der Waals surface area contributed by atoms with Crippen LogP contribution in [0.4, 0.5) is 15.8 Å². The van der Waals surface area contributed by atoms with Crippen molar-refractivity contribution in [1.82, 2.24) is 14.8 Å². The fourth-order valence-corrected chi connectivity index (χ4v) is 6.23. The van der Waals surface area contributed by atoms with Crippen LogP contribution in [-0.2, 0) is 6.42 Å². The summed E-state index contributed by atoms with van der Waals surface area (Å²) in [6, 6.07) is 19.5. The smallest absolute Gasteiger partial charge is 0.276 e. The SMILES string of the molecule is CSc1cnn(-c2cccc(C(=O)N3CCc4cc(C(=O)Nc5c(C)cccc5F)sc4-c4ccccc43)n2)c1. The van der Waals surface area contributed by atoms with E-state index in [1.807, 2.05) is 48.9 Å². The Labute approximate surface area is 238 Å². The standard InChI is InChI=1S/C30H24FN5O2S2/c1-18-7-5-9-22(31)27(18)34-29(37)25-15-19-13-14-35(24-11-4-3-8-21(24)28(19)40-25)30(38)23-10-6-12-26(33-23)36-17-20(39-2)16-32-36/h3-12,15-17H,13-14H2,1-2H3,(H,34,37). The van der Waals surface area contributed by atoms with Crippen molar-refractivity contribution in [2.75, 3.05) is 23.0 Å². The number of aromatic nitrogens is 3. The van der Waals surface area contributed by atoms with Gasteiger partial charge in [-0.15, -0.1) is 23.1 Å². The largest absolute Gasteiger partial charge is 0.319 e. The number of nitrogens with zero attached hydrogens (tertiary/aromatic N) is 4. The lowest BCUT2D eigenvalue weighted by atomic mass is 10.1. The fourth-order valence-electron chi connectivity index (χ4n) is 4.73. The minimum atomic E-state index is -0.471. The molecule has 4 heterocycles. The summed E-state index contributed by atoms with van der Waals surface area (Å²) < 4.78 is 16.0. The third kappa shape index (κ3) is 4.80. The number of fused-ring (bicyclic) bond motifs is 3. The lowest BCUT2D eigenvalue weighted by Crippen LogP contribution is -2.33. The summed E-state index contributed by atoms with van der Waals surface area (Å²) in [5, 5.41) is 7.09. The Morgan fingerprint density at radius 1 is 1.07 bits per heavy atom. The van der Waals surface area contributed by atoms with Crippen molar-refractivity contribution in [3.63, 3.8) is 0 Å². The number of nitrogens with one attached hydrogen (secondary N) is 1. The van der Waals surface area contributed by atoms with Gasteiger partial charge in [0, 0.05) is 28.1 Å². The van der Waals surface area contributed by atoms with Crippen LogP contribution in [0.2, 0.25) is 0 Å². The maximum Gasteiger partial charge on any atom is 0.276 e. The van der Waals surface area contributed by atoms with Gasteiger partial charge < -0.3 is 10.2 Å². The number of hydrogen-bond acceptors (Lipinski definition) is 6. The first-order chi connectivity index (χ1) is 19.4. The number of para-hydroxylation sites is 2. The predicted octanol–water partition coefficient (Wildman–Crippen LogP) is 6.62. The van der Waals surface area contributed by atoms with Crippen LogP contribution in [0.5, 0.6) is 0 Å². The summed E-state index contributed by atoms with van der Waals surface area (Å²) in [4.78, 5) is 35.7. The summed E-state index contributed by atoms with van der Waals surface area (Å²) in [7, 11) is 0. The van der Waals surface area contributed by atoms with E-state index < -0.39 is 5.82 Å². The number of pyridine rings is 1. The molecule has 0 spiro atoms. The maximum absolute atomic E-state index is 14.3. The molecule has 0 aliphatic carbocycles. The topological polar surface area (TPSA) is 80.1 Å². The normalized spacial score (nSPS) is 12.4. The van der Waals surface area contributed by atoms with Gasteiger partial charge in [-0.3, -0.25) is 9.59 Å². The average Bonchev–Trinajstić information content (AvgIpc) is 3.60. The number of thiophene rings is 1. The molecule has 2 amide bonds. The summed E-state index contributed by atoms with van der Waals surface area (Å²) >= 11 is 2.93. The minimum absolute atomic E-state index is 0.183. The minimum Gasteiger partial charge on any atom is -0.319 e. The zero-order valence-electron chi connectivity index (χ0n) is 21.7. The van der Waals surface area contributed by atoms with Crippen LogP contribution >= 0.6 is 23.1 Å². The second kappa shape index (κ2) is 10.7. The lowest BCUT2D eigenvalue weighted by molar-refractivity contribution is 0.0981. The summed E-state index contributed by atoms with van der Waals surface area (Å²) in [5.74, 6) is -0.481. The average molecular weight is 570 g/mol. The van der Waals surface area contributed by atoms with E-state index in [1.54, 1.807) is 58.7 Å². The van der Waals surface area contributed by atoms with E-state index in [0.29, 0.717) is 34.9 Å². The molecule has 0 bridgehead atoms. The Morgan fingerprint density at radius 2 is 1.90 bits per heavy atom. The highest BCUT2D eigenvalue weighted by molar-refractivity contribution is 7.98. The van der Waals surface area contributed by atoms with Crippen LogP contribution in [0.3, 0.4) is 0 Å². The summed E-state index contributed by atoms with van der Waals surface area (Å²) in [5.41, 5.74) is 3.73. The highest BCUT2D eigenvalue weighted by Gasteiger charge is 2.28. The molecule has 0 atom stereocenters. The van der Waals surface area contributed by atoms with Crippen molar-refractivity contribution in [3.8, 4) is 16.3 Å². The van der Waals surface area contributed by atoms with Crippen molar-refractivity contribution >= 4 is 46.3 Å². The molecule has 0 saturated carbocycles. The van der Waals surface area contributed by atoms with Gasteiger partial charge in [0.05, 0.1) is 22.4 Å². The second-order valence-corrected chi connectivity index (χ2v) is 11.2. The van der Waals surface area contributed by atoms with Gasteiger partial charge in [-0.2, -0.15) is 5.10 Å². The molecule has 5 aromatic rings. The highest BCUT2D eigenvalue weighted by Crippen LogP contribution is 2.42. The van der Waals surface area contributed by atoms with Gasteiger partial charge >= 0.3 is 0 Å². The molecule has 6 rings (SSSR count). The number of halogens is 1. The Kier molecular flexibility index (Phi) is 6.95. The van der Waals surface area contributed by atoms with Crippen LogP contribution in [0.1, 0.15) is 31.3 Å². The van der Waals surface area contributed by atoms with Crippen molar-refractivity contribution in [2.45, 2.75) is 18.2 Å². The zero-order chi connectivity index (χ0) is 27.8. The van der Waals surface area contributed by atoms with E-state index in [9.17, 15) is 14.0 Å². The molecule has 1 aliphatic rings. The molecule has 0 radical (unpaired) electrons. The number of anilines is 2. The van der Waals surface area contributed by atoms with Gasteiger partial charge in [0.25, 0.3) is 11.8 Å². The van der Waals surface area contributed by atoms with Crippen LogP contribution in [-0.4, -0.2) is 39.4 Å². The van der Waals surface area contributed by atoms with Crippen molar-refractivity contribution in [1.29, 1.82) is 0 Å². The molecule has 1 N–H and O–H groups in total. The molecular formula is C30H24FN5O2S2. The fraction of sp³-hybridized carbons (Fsp3) is 0.133. The Bertz CT molecular complexity index is 1740. The third-order valence-electron chi connectivity index (χ3n) is 6.77. The Hall–Kier alpha value is -4.28. The molecule has 2 aromatic carbocycles. The number of thioether (sulfide) groups is 1. The van der Waals surface area contributed by atoms with Gasteiger partial charge in [0.1, 0.15) is 11.5 Å². The molecule has 0 saturated heterocycles. The molecule has 0 fully saturated rings. The molecule has 3 aromatic heterocycles. The van der Waals surface area contributed by atoms with E-state index in [-0.39, 0.29) is 17.5 Å². The number of carbonyl (C=O) groups is 2. The quantitative estimate of drug-likeness (QED) is 0.241. The van der Waals surface area contributed by atoms with Gasteiger partial charge in [-0.05, 0) is 61.1 Å². The van der Waals surface area contributed by atoms with E-state index in [1.165, 1.54) is 17.4 Å².